The molecule has 1 aromatic heterocycles. The summed E-state index contributed by atoms with van der Waals surface area (Å²) < 4.78 is 27.7. The van der Waals surface area contributed by atoms with Crippen molar-refractivity contribution in [1.82, 2.24) is 14.8 Å². The molecule has 30 heavy (non-hydrogen) atoms. The number of thiazole rings is 1. The Balaban J connectivity index is 1.40. The molecule has 2 saturated heterocycles. The molecule has 0 aliphatic carbocycles. The van der Waals surface area contributed by atoms with Crippen LogP contribution in [0.5, 0.6) is 0 Å². The van der Waals surface area contributed by atoms with Crippen molar-refractivity contribution in [1.29, 1.82) is 0 Å². The standard InChI is InChI=1S/C23H23F2N3OS/c24-18-6-7-19(25)17(10-18)11-27-14-23(15-27)22(16-4-2-1-3-5-16)20(13-29)28(23)12-21-26-8-9-30-21/h1-10,20,22,29H,11-15H2/t20-,22+/m0/s1. The number of halogens is 2. The van der Waals surface area contributed by atoms with Crippen molar-refractivity contribution in [2.24, 2.45) is 0 Å². The normalized spacial score (nSPS) is 23.3. The van der Waals surface area contributed by atoms with Gasteiger partial charge in [-0.1, -0.05) is 30.3 Å². The maximum atomic E-state index is 14.1. The average Bonchev–Trinajstić information content (AvgIpc) is 3.23. The summed E-state index contributed by atoms with van der Waals surface area (Å²) in [5.41, 5.74) is 1.46. The van der Waals surface area contributed by atoms with Crippen LogP contribution in [0.25, 0.3) is 0 Å². The second-order valence-corrected chi connectivity index (χ2v) is 9.16. The zero-order valence-electron chi connectivity index (χ0n) is 16.4. The minimum absolute atomic E-state index is 0.0179. The molecule has 0 amide bonds. The lowest BCUT2D eigenvalue weighted by Gasteiger charge is -2.71. The zero-order valence-corrected chi connectivity index (χ0v) is 17.2. The van der Waals surface area contributed by atoms with Gasteiger partial charge in [-0.05, 0) is 23.8 Å². The Morgan fingerprint density at radius 3 is 2.60 bits per heavy atom. The molecule has 0 bridgehead atoms. The van der Waals surface area contributed by atoms with Crippen LogP contribution in [0.2, 0.25) is 0 Å². The highest BCUT2D eigenvalue weighted by Crippen LogP contribution is 2.54. The molecule has 1 spiro atoms. The largest absolute Gasteiger partial charge is 0.395 e. The smallest absolute Gasteiger partial charge is 0.127 e. The number of aromatic nitrogens is 1. The molecule has 4 nitrogen and oxygen atoms in total. The van der Waals surface area contributed by atoms with Crippen LogP contribution in [-0.4, -0.2) is 51.2 Å². The quantitative estimate of drug-likeness (QED) is 0.652. The number of aliphatic hydroxyl groups excluding tert-OH is 1. The Kier molecular flexibility index (Phi) is 5.14. The third kappa shape index (κ3) is 3.26. The molecule has 2 aliphatic rings. The molecule has 0 saturated carbocycles. The third-order valence-corrected chi connectivity index (χ3v) is 7.23. The van der Waals surface area contributed by atoms with Crippen molar-refractivity contribution in [2.75, 3.05) is 19.7 Å². The van der Waals surface area contributed by atoms with Gasteiger partial charge in [-0.2, -0.15) is 0 Å². The van der Waals surface area contributed by atoms with Gasteiger partial charge in [-0.3, -0.25) is 9.80 Å². The molecule has 156 valence electrons. The number of benzene rings is 2. The van der Waals surface area contributed by atoms with E-state index < -0.39 is 5.82 Å². The van der Waals surface area contributed by atoms with Gasteiger partial charge in [0.2, 0.25) is 0 Å². The van der Waals surface area contributed by atoms with E-state index in [0.717, 1.165) is 24.2 Å². The number of hydrogen-bond donors (Lipinski definition) is 1. The van der Waals surface area contributed by atoms with Crippen LogP contribution in [0.15, 0.2) is 60.1 Å². The van der Waals surface area contributed by atoms with E-state index >= 15 is 0 Å². The fraction of sp³-hybridized carbons (Fsp3) is 0.348. The summed E-state index contributed by atoms with van der Waals surface area (Å²) >= 11 is 1.61. The average molecular weight is 428 g/mol. The van der Waals surface area contributed by atoms with E-state index in [2.05, 4.69) is 26.9 Å². The number of aliphatic hydroxyl groups is 1. The minimum Gasteiger partial charge on any atom is -0.395 e. The molecule has 7 heteroatoms. The van der Waals surface area contributed by atoms with Crippen molar-refractivity contribution in [3.05, 3.63) is 87.9 Å². The molecule has 5 rings (SSSR count). The van der Waals surface area contributed by atoms with E-state index in [-0.39, 0.29) is 29.9 Å². The Hall–Kier alpha value is -2.19. The van der Waals surface area contributed by atoms with Crippen LogP contribution in [0, 0.1) is 11.6 Å². The fourth-order valence-corrected chi connectivity index (χ4v) is 5.85. The van der Waals surface area contributed by atoms with Crippen LogP contribution in [0.1, 0.15) is 22.1 Å². The van der Waals surface area contributed by atoms with Crippen LogP contribution in [0.4, 0.5) is 8.78 Å². The molecule has 2 aromatic carbocycles. The highest BCUT2D eigenvalue weighted by atomic mass is 32.1. The van der Waals surface area contributed by atoms with Gasteiger partial charge in [0, 0.05) is 48.7 Å². The molecule has 2 atom stereocenters. The Morgan fingerprint density at radius 2 is 1.90 bits per heavy atom. The van der Waals surface area contributed by atoms with Gasteiger partial charge in [0.1, 0.15) is 16.6 Å². The second kappa shape index (κ2) is 7.81. The minimum atomic E-state index is -0.418. The van der Waals surface area contributed by atoms with Gasteiger partial charge in [0.05, 0.1) is 18.7 Å². The predicted molar refractivity (Wildman–Crippen MR) is 112 cm³/mol. The summed E-state index contributed by atoms with van der Waals surface area (Å²) in [6.45, 7) is 2.62. The van der Waals surface area contributed by atoms with Crippen LogP contribution < -0.4 is 0 Å². The third-order valence-electron chi connectivity index (χ3n) is 6.47. The van der Waals surface area contributed by atoms with E-state index in [1.54, 1.807) is 17.5 Å². The molecular formula is C23H23F2N3OS. The molecule has 2 fully saturated rings. The SMILES string of the molecule is OC[C@H]1[C@@H](c2ccccc2)C2(CN(Cc3cc(F)ccc3F)C2)N1Cc1nccs1. The summed E-state index contributed by atoms with van der Waals surface area (Å²) in [4.78, 5) is 8.93. The van der Waals surface area contributed by atoms with E-state index in [4.69, 9.17) is 0 Å². The molecule has 3 heterocycles. The summed E-state index contributed by atoms with van der Waals surface area (Å²) in [6, 6.07) is 13.9. The Morgan fingerprint density at radius 1 is 1.10 bits per heavy atom. The van der Waals surface area contributed by atoms with Gasteiger partial charge in [-0.15, -0.1) is 11.3 Å². The van der Waals surface area contributed by atoms with Gasteiger partial charge < -0.3 is 5.11 Å². The second-order valence-electron chi connectivity index (χ2n) is 8.18. The van der Waals surface area contributed by atoms with Gasteiger partial charge in [0.15, 0.2) is 0 Å². The first-order valence-corrected chi connectivity index (χ1v) is 11.0. The summed E-state index contributed by atoms with van der Waals surface area (Å²) in [5, 5.41) is 13.2. The van der Waals surface area contributed by atoms with Crippen molar-refractivity contribution in [2.45, 2.75) is 30.6 Å². The van der Waals surface area contributed by atoms with Crippen LogP contribution >= 0.6 is 11.3 Å². The zero-order chi connectivity index (χ0) is 20.7. The first-order chi connectivity index (χ1) is 14.6. The number of rotatable bonds is 6. The number of hydrogen-bond acceptors (Lipinski definition) is 5. The van der Waals surface area contributed by atoms with Crippen LogP contribution in [-0.2, 0) is 13.1 Å². The molecule has 3 aromatic rings. The fourth-order valence-electron chi connectivity index (χ4n) is 5.24. The predicted octanol–water partition coefficient (Wildman–Crippen LogP) is 3.64. The highest BCUT2D eigenvalue weighted by molar-refractivity contribution is 7.09. The monoisotopic (exact) mass is 427 g/mol. The van der Waals surface area contributed by atoms with Crippen molar-refractivity contribution in [3.63, 3.8) is 0 Å². The maximum absolute atomic E-state index is 14.1. The van der Waals surface area contributed by atoms with E-state index in [0.29, 0.717) is 18.7 Å². The lowest BCUT2D eigenvalue weighted by atomic mass is 9.60. The van der Waals surface area contributed by atoms with E-state index in [1.165, 1.54) is 17.7 Å². The van der Waals surface area contributed by atoms with Gasteiger partial charge in [-0.25, -0.2) is 13.8 Å². The first kappa shape index (κ1) is 19.8. The lowest BCUT2D eigenvalue weighted by molar-refractivity contribution is -0.198. The Bertz CT molecular complexity index is 1010. The summed E-state index contributed by atoms with van der Waals surface area (Å²) in [7, 11) is 0. The first-order valence-electron chi connectivity index (χ1n) is 10.1. The highest BCUT2D eigenvalue weighted by Gasteiger charge is 2.65. The van der Waals surface area contributed by atoms with E-state index in [1.807, 2.05) is 23.6 Å². The van der Waals surface area contributed by atoms with Gasteiger partial charge in [0.25, 0.3) is 0 Å². The maximum Gasteiger partial charge on any atom is 0.127 e. The topological polar surface area (TPSA) is 39.6 Å². The molecule has 2 aliphatic heterocycles. The number of nitrogens with zero attached hydrogens (tertiary/aromatic N) is 3. The Labute approximate surface area is 178 Å². The van der Waals surface area contributed by atoms with Crippen molar-refractivity contribution < 1.29 is 13.9 Å². The van der Waals surface area contributed by atoms with Gasteiger partial charge >= 0.3 is 0 Å². The summed E-state index contributed by atoms with van der Waals surface area (Å²) in [6.07, 6.45) is 1.80. The van der Waals surface area contributed by atoms with E-state index in [9.17, 15) is 13.9 Å². The number of likely N-dealkylation sites (tertiary alicyclic amines) is 2. The summed E-state index contributed by atoms with van der Waals surface area (Å²) in [5.74, 6) is -0.603. The van der Waals surface area contributed by atoms with Crippen LogP contribution in [0.3, 0.4) is 0 Å². The molecule has 0 radical (unpaired) electrons. The molecular weight excluding hydrogens is 404 g/mol. The molecule has 1 N–H and O–H groups in total. The van der Waals surface area contributed by atoms with Crippen molar-refractivity contribution >= 4 is 11.3 Å². The lowest BCUT2D eigenvalue weighted by Crippen LogP contribution is -2.83. The van der Waals surface area contributed by atoms with Crippen molar-refractivity contribution in [3.8, 4) is 0 Å². The molecule has 0 unspecified atom stereocenters.